The zero-order valence-electron chi connectivity index (χ0n) is 11.3. The van der Waals surface area contributed by atoms with Crippen molar-refractivity contribution in [1.29, 1.82) is 0 Å². The van der Waals surface area contributed by atoms with Crippen LogP contribution in [0.25, 0.3) is 0 Å². The highest BCUT2D eigenvalue weighted by Crippen LogP contribution is 2.28. The highest BCUT2D eigenvalue weighted by molar-refractivity contribution is 5.76. The maximum absolute atomic E-state index is 12.4. The first-order chi connectivity index (χ1) is 9.63. The molecule has 0 aromatic carbocycles. The molecule has 1 aliphatic rings. The Kier molecular flexibility index (Phi) is 3.13. The lowest BCUT2D eigenvalue weighted by Crippen LogP contribution is -2.36. The van der Waals surface area contributed by atoms with E-state index < -0.39 is 0 Å². The Morgan fingerprint density at radius 2 is 2.30 bits per heavy atom. The summed E-state index contributed by atoms with van der Waals surface area (Å²) in [4.78, 5) is 22.4. The Morgan fingerprint density at radius 1 is 1.50 bits per heavy atom. The highest BCUT2D eigenvalue weighted by Gasteiger charge is 2.33. The van der Waals surface area contributed by atoms with Crippen LogP contribution in [0.4, 0.5) is 5.95 Å². The van der Waals surface area contributed by atoms with Gasteiger partial charge in [0.1, 0.15) is 18.7 Å². The summed E-state index contributed by atoms with van der Waals surface area (Å²) in [7, 11) is 1.93. The Bertz CT molecular complexity index is 613. The van der Waals surface area contributed by atoms with Gasteiger partial charge in [0.15, 0.2) is 0 Å². The third-order valence-corrected chi connectivity index (χ3v) is 3.39. The van der Waals surface area contributed by atoms with Crippen LogP contribution in [0, 0.1) is 0 Å². The molecule has 1 saturated carbocycles. The number of nitrogens with zero attached hydrogens (tertiary/aromatic N) is 6. The molecule has 8 heteroatoms. The molecule has 0 atom stereocenters. The first-order valence-electron chi connectivity index (χ1n) is 6.54. The minimum absolute atomic E-state index is 0.0143. The zero-order chi connectivity index (χ0) is 14.1. The van der Waals surface area contributed by atoms with Gasteiger partial charge in [-0.05, 0) is 12.8 Å². The number of nitrogen functional groups attached to an aromatic ring is 1. The summed E-state index contributed by atoms with van der Waals surface area (Å²) < 4.78 is 3.39. The lowest BCUT2D eigenvalue weighted by atomic mass is 10.4. The smallest absolute Gasteiger partial charge is 0.245 e. The van der Waals surface area contributed by atoms with Crippen LogP contribution in [0.3, 0.4) is 0 Å². The van der Waals surface area contributed by atoms with Crippen molar-refractivity contribution in [3.63, 3.8) is 0 Å². The van der Waals surface area contributed by atoms with Gasteiger partial charge in [0.05, 0.1) is 6.54 Å². The van der Waals surface area contributed by atoms with Gasteiger partial charge in [-0.15, -0.1) is 5.10 Å². The Morgan fingerprint density at radius 3 is 2.85 bits per heavy atom. The van der Waals surface area contributed by atoms with E-state index in [9.17, 15) is 4.79 Å². The molecule has 2 N–H and O–H groups in total. The lowest BCUT2D eigenvalue weighted by Gasteiger charge is -2.22. The molecule has 0 spiro atoms. The van der Waals surface area contributed by atoms with Crippen molar-refractivity contribution in [2.24, 2.45) is 7.05 Å². The number of carbonyl (C=O) groups is 1. The average molecular weight is 275 g/mol. The van der Waals surface area contributed by atoms with Gasteiger partial charge >= 0.3 is 0 Å². The molecule has 20 heavy (non-hydrogen) atoms. The molecule has 0 bridgehead atoms. The highest BCUT2D eigenvalue weighted by atomic mass is 16.2. The summed E-state index contributed by atoms with van der Waals surface area (Å²) in [6.07, 6.45) is 7.19. The number of carbonyl (C=O) groups excluding carboxylic acids is 1. The second-order valence-corrected chi connectivity index (χ2v) is 5.01. The molecule has 3 rings (SSSR count). The lowest BCUT2D eigenvalue weighted by molar-refractivity contribution is -0.133. The van der Waals surface area contributed by atoms with E-state index in [1.54, 1.807) is 6.20 Å². The van der Waals surface area contributed by atoms with Gasteiger partial charge < -0.3 is 15.2 Å². The maximum atomic E-state index is 12.4. The van der Waals surface area contributed by atoms with Gasteiger partial charge in [-0.1, -0.05) is 0 Å². The molecule has 2 aromatic heterocycles. The van der Waals surface area contributed by atoms with Crippen molar-refractivity contribution in [1.82, 2.24) is 29.2 Å². The fourth-order valence-electron chi connectivity index (χ4n) is 2.12. The van der Waals surface area contributed by atoms with Crippen LogP contribution in [-0.2, 0) is 24.9 Å². The van der Waals surface area contributed by atoms with Gasteiger partial charge in [-0.25, -0.2) is 14.6 Å². The molecule has 1 amide bonds. The predicted molar refractivity (Wildman–Crippen MR) is 71.2 cm³/mol. The number of aryl methyl sites for hydroxylation is 1. The Hall–Kier alpha value is -2.38. The quantitative estimate of drug-likeness (QED) is 0.814. The van der Waals surface area contributed by atoms with Crippen molar-refractivity contribution in [3.8, 4) is 0 Å². The minimum atomic E-state index is 0.0143. The molecular weight excluding hydrogens is 258 g/mol. The summed E-state index contributed by atoms with van der Waals surface area (Å²) in [5, 5.41) is 3.94. The molecule has 106 valence electrons. The SMILES string of the molecule is Cn1ccnc1CN(C(=O)Cn1cnc(N)n1)C1CC1. The Balaban J connectivity index is 1.70. The summed E-state index contributed by atoms with van der Waals surface area (Å²) in [5.74, 6) is 1.07. The summed E-state index contributed by atoms with van der Waals surface area (Å²) in [6.45, 7) is 0.683. The van der Waals surface area contributed by atoms with E-state index in [4.69, 9.17) is 5.73 Å². The van der Waals surface area contributed by atoms with E-state index in [-0.39, 0.29) is 18.4 Å². The Labute approximate surface area is 116 Å². The van der Waals surface area contributed by atoms with Gasteiger partial charge in [-0.2, -0.15) is 0 Å². The third-order valence-electron chi connectivity index (χ3n) is 3.39. The number of nitrogens with two attached hydrogens (primary N) is 1. The summed E-state index contributed by atoms with van der Waals surface area (Å²) >= 11 is 0. The number of amides is 1. The fraction of sp³-hybridized carbons (Fsp3) is 0.500. The van der Waals surface area contributed by atoms with Gasteiger partial charge in [0.25, 0.3) is 0 Å². The van der Waals surface area contributed by atoms with Crippen LogP contribution in [0.1, 0.15) is 18.7 Å². The molecule has 1 aliphatic carbocycles. The molecule has 1 fully saturated rings. The first-order valence-corrected chi connectivity index (χ1v) is 6.54. The van der Waals surface area contributed by atoms with Crippen molar-refractivity contribution >= 4 is 11.9 Å². The molecule has 0 saturated heterocycles. The minimum Gasteiger partial charge on any atom is -0.367 e. The number of aromatic nitrogens is 5. The van der Waals surface area contributed by atoms with Crippen molar-refractivity contribution in [2.45, 2.75) is 32.0 Å². The van der Waals surface area contributed by atoms with Crippen molar-refractivity contribution in [3.05, 3.63) is 24.5 Å². The van der Waals surface area contributed by atoms with Crippen LogP contribution >= 0.6 is 0 Å². The van der Waals surface area contributed by atoms with Crippen LogP contribution in [0.15, 0.2) is 18.7 Å². The predicted octanol–water partition coefficient (Wildman–Crippen LogP) is -0.215. The third kappa shape index (κ3) is 2.63. The van der Waals surface area contributed by atoms with Crippen LogP contribution < -0.4 is 5.73 Å². The van der Waals surface area contributed by atoms with Crippen LogP contribution in [-0.4, -0.2) is 41.2 Å². The molecule has 0 aliphatic heterocycles. The molecule has 2 heterocycles. The van der Waals surface area contributed by atoms with Gasteiger partial charge in [0.2, 0.25) is 11.9 Å². The topological polar surface area (TPSA) is 94.9 Å². The normalized spacial score (nSPS) is 14.4. The van der Waals surface area contributed by atoms with Crippen molar-refractivity contribution in [2.75, 3.05) is 5.73 Å². The number of imidazole rings is 1. The average Bonchev–Trinajstić information content (AvgIpc) is 3.05. The first kappa shape index (κ1) is 12.6. The number of hydrogen-bond donors (Lipinski definition) is 1. The number of rotatable bonds is 5. The van der Waals surface area contributed by atoms with Crippen LogP contribution in [0.2, 0.25) is 0 Å². The largest absolute Gasteiger partial charge is 0.367 e. The van der Waals surface area contributed by atoms with Crippen LogP contribution in [0.5, 0.6) is 0 Å². The number of anilines is 1. The van der Waals surface area contributed by atoms with Gasteiger partial charge in [-0.3, -0.25) is 4.79 Å². The van der Waals surface area contributed by atoms with E-state index in [0.717, 1.165) is 18.7 Å². The second kappa shape index (κ2) is 4.95. The van der Waals surface area contributed by atoms with Crippen molar-refractivity contribution < 1.29 is 4.79 Å². The summed E-state index contributed by atoms with van der Waals surface area (Å²) in [6, 6.07) is 0.320. The zero-order valence-corrected chi connectivity index (χ0v) is 11.3. The standard InChI is InChI=1S/C12H17N7O/c1-17-5-4-14-10(17)6-19(9-2-3-9)11(20)7-18-8-15-12(13)16-18/h4-5,8-9H,2-3,6-7H2,1H3,(H2,13,16). The summed E-state index contributed by atoms with van der Waals surface area (Å²) in [5.41, 5.74) is 5.45. The molecule has 8 nitrogen and oxygen atoms in total. The number of hydrogen-bond acceptors (Lipinski definition) is 5. The molecule has 2 aromatic rings. The monoisotopic (exact) mass is 275 g/mol. The maximum Gasteiger partial charge on any atom is 0.245 e. The molecular formula is C12H17N7O. The van der Waals surface area contributed by atoms with E-state index in [0.29, 0.717) is 12.6 Å². The fourth-order valence-corrected chi connectivity index (χ4v) is 2.12. The van der Waals surface area contributed by atoms with Gasteiger partial charge in [0, 0.05) is 25.5 Å². The molecule has 0 radical (unpaired) electrons. The second-order valence-electron chi connectivity index (χ2n) is 5.01. The van der Waals surface area contributed by atoms with E-state index >= 15 is 0 Å². The van der Waals surface area contributed by atoms with E-state index in [1.807, 2.05) is 22.7 Å². The van der Waals surface area contributed by atoms with E-state index in [2.05, 4.69) is 15.1 Å². The van der Waals surface area contributed by atoms with E-state index in [1.165, 1.54) is 11.0 Å². The molecule has 0 unspecified atom stereocenters.